The molecular weight excluding hydrogens is 242 g/mol. The molecule has 2 atom stereocenters. The molecule has 1 N–H and O–H groups in total. The predicted octanol–water partition coefficient (Wildman–Crippen LogP) is 1.88. The minimum absolute atomic E-state index is 0.0158. The fraction of sp³-hybridized carbons (Fsp3) is 0.364. The minimum Gasteiger partial charge on any atom is -0.507 e. The Balaban J connectivity index is 2.61. The Morgan fingerprint density at radius 2 is 2.25 bits per heavy atom. The fourth-order valence-corrected chi connectivity index (χ4v) is 2.76. The van der Waals surface area contributed by atoms with Crippen molar-refractivity contribution in [3.63, 3.8) is 0 Å². The van der Waals surface area contributed by atoms with E-state index in [0.29, 0.717) is 12.1 Å². The van der Waals surface area contributed by atoms with Crippen LogP contribution in [0.4, 0.5) is 0 Å². The third kappa shape index (κ3) is 3.98. The zero-order valence-electron chi connectivity index (χ0n) is 9.29. The van der Waals surface area contributed by atoms with Crippen molar-refractivity contribution in [2.24, 2.45) is 4.99 Å². The quantitative estimate of drug-likeness (QED) is 0.819. The van der Waals surface area contributed by atoms with Crippen molar-refractivity contribution in [1.82, 2.24) is 0 Å². The van der Waals surface area contributed by atoms with E-state index in [1.54, 1.807) is 42.4 Å². The highest BCUT2D eigenvalue weighted by molar-refractivity contribution is 8.10. The van der Waals surface area contributed by atoms with Gasteiger partial charge in [-0.15, -0.1) is 11.8 Å². The van der Waals surface area contributed by atoms with Gasteiger partial charge in [-0.25, -0.2) is 0 Å². The first-order valence-electron chi connectivity index (χ1n) is 4.78. The lowest BCUT2D eigenvalue weighted by Gasteiger charge is -2.07. The number of phenolic OH excluding ortho intramolecular Hbond substituents is 1. The van der Waals surface area contributed by atoms with E-state index in [1.807, 2.05) is 12.3 Å². The van der Waals surface area contributed by atoms with Gasteiger partial charge in [-0.05, 0) is 18.4 Å². The summed E-state index contributed by atoms with van der Waals surface area (Å²) in [6.07, 6.45) is 5.21. The Kier molecular flexibility index (Phi) is 5.55. The normalized spacial score (nSPS) is 15.1. The standard InChI is InChI=1S/C11H15NO2S2/c1-15-11(16(2)14)8-12-7-9-5-3-4-6-10(9)13/h3-7,11,13H,8H2,1-2H3. The van der Waals surface area contributed by atoms with Crippen LogP contribution < -0.4 is 0 Å². The summed E-state index contributed by atoms with van der Waals surface area (Å²) in [7, 11) is -0.880. The third-order valence-electron chi connectivity index (χ3n) is 2.05. The average Bonchev–Trinajstić information content (AvgIpc) is 2.26. The summed E-state index contributed by atoms with van der Waals surface area (Å²) in [4.78, 5) is 4.20. The molecular formula is C11H15NO2S2. The fourth-order valence-electron chi connectivity index (χ4n) is 1.15. The molecule has 1 rings (SSSR count). The van der Waals surface area contributed by atoms with Crippen LogP contribution in [0.3, 0.4) is 0 Å². The van der Waals surface area contributed by atoms with Gasteiger partial charge in [0, 0.05) is 28.8 Å². The largest absolute Gasteiger partial charge is 0.507 e. The van der Waals surface area contributed by atoms with Gasteiger partial charge in [0.2, 0.25) is 0 Å². The summed E-state index contributed by atoms with van der Waals surface area (Å²) in [5.41, 5.74) is 0.684. The lowest BCUT2D eigenvalue weighted by Crippen LogP contribution is -2.12. The van der Waals surface area contributed by atoms with Crippen LogP contribution in [-0.4, -0.2) is 39.2 Å². The van der Waals surface area contributed by atoms with Crippen LogP contribution in [0, 0.1) is 0 Å². The van der Waals surface area contributed by atoms with E-state index in [2.05, 4.69) is 4.99 Å². The van der Waals surface area contributed by atoms with Gasteiger partial charge in [0.25, 0.3) is 0 Å². The number of rotatable bonds is 5. The van der Waals surface area contributed by atoms with Gasteiger partial charge < -0.3 is 5.11 Å². The number of hydrogen-bond acceptors (Lipinski definition) is 4. The first kappa shape index (κ1) is 13.3. The van der Waals surface area contributed by atoms with Gasteiger partial charge in [-0.2, -0.15) is 0 Å². The second-order valence-corrected chi connectivity index (χ2v) is 6.12. The maximum Gasteiger partial charge on any atom is 0.124 e. The number of hydrogen-bond donors (Lipinski definition) is 1. The average molecular weight is 257 g/mol. The molecule has 2 unspecified atom stereocenters. The second-order valence-electron chi connectivity index (χ2n) is 3.22. The minimum atomic E-state index is -0.880. The van der Waals surface area contributed by atoms with Crippen molar-refractivity contribution in [2.45, 2.75) is 4.58 Å². The van der Waals surface area contributed by atoms with E-state index in [9.17, 15) is 9.32 Å². The van der Waals surface area contributed by atoms with E-state index in [1.165, 1.54) is 0 Å². The number of para-hydroxylation sites is 1. The van der Waals surface area contributed by atoms with Gasteiger partial charge in [0.1, 0.15) is 5.75 Å². The molecule has 0 radical (unpaired) electrons. The van der Waals surface area contributed by atoms with Crippen LogP contribution in [0.2, 0.25) is 0 Å². The molecule has 1 aromatic rings. The summed E-state index contributed by atoms with van der Waals surface area (Å²) >= 11 is 1.54. The molecule has 0 saturated heterocycles. The first-order chi connectivity index (χ1) is 7.65. The molecule has 0 heterocycles. The summed E-state index contributed by atoms with van der Waals surface area (Å²) in [5.74, 6) is 0.213. The van der Waals surface area contributed by atoms with Gasteiger partial charge in [0.05, 0.1) is 11.1 Å². The van der Waals surface area contributed by atoms with Crippen LogP contribution in [0.25, 0.3) is 0 Å². The lowest BCUT2D eigenvalue weighted by atomic mass is 10.2. The molecule has 0 saturated carbocycles. The maximum atomic E-state index is 11.3. The molecule has 0 amide bonds. The molecule has 0 spiro atoms. The van der Waals surface area contributed by atoms with Crippen LogP contribution in [-0.2, 0) is 10.8 Å². The Bertz CT molecular complexity index is 393. The van der Waals surface area contributed by atoms with Gasteiger partial charge in [-0.3, -0.25) is 9.20 Å². The zero-order valence-corrected chi connectivity index (χ0v) is 10.9. The predicted molar refractivity (Wildman–Crippen MR) is 71.9 cm³/mol. The Hall–Kier alpha value is -0.810. The molecule has 3 nitrogen and oxygen atoms in total. The summed E-state index contributed by atoms with van der Waals surface area (Å²) in [6, 6.07) is 7.00. The summed E-state index contributed by atoms with van der Waals surface area (Å²) in [5, 5.41) is 9.49. The molecule has 5 heteroatoms. The van der Waals surface area contributed by atoms with Crippen molar-refractivity contribution in [3.05, 3.63) is 29.8 Å². The maximum absolute atomic E-state index is 11.3. The van der Waals surface area contributed by atoms with Crippen molar-refractivity contribution >= 4 is 28.8 Å². The number of nitrogens with zero attached hydrogens (tertiary/aromatic N) is 1. The Labute approximate surface area is 102 Å². The molecule has 0 aliphatic carbocycles. The SMILES string of the molecule is CSC(CN=Cc1ccccc1O)S(C)=O. The molecule has 0 aromatic heterocycles. The van der Waals surface area contributed by atoms with E-state index >= 15 is 0 Å². The van der Waals surface area contributed by atoms with E-state index < -0.39 is 10.8 Å². The summed E-state index contributed by atoms with van der Waals surface area (Å²) in [6.45, 7) is 0.499. The number of aromatic hydroxyl groups is 1. The molecule has 0 bridgehead atoms. The molecule has 1 aromatic carbocycles. The Morgan fingerprint density at radius 1 is 1.56 bits per heavy atom. The summed E-state index contributed by atoms with van der Waals surface area (Å²) < 4.78 is 11.3. The van der Waals surface area contributed by atoms with Crippen molar-refractivity contribution in [2.75, 3.05) is 19.1 Å². The lowest BCUT2D eigenvalue weighted by molar-refractivity contribution is 0.474. The van der Waals surface area contributed by atoms with Gasteiger partial charge in [0.15, 0.2) is 0 Å². The molecule has 0 fully saturated rings. The highest BCUT2D eigenvalue weighted by Crippen LogP contribution is 2.14. The van der Waals surface area contributed by atoms with Crippen molar-refractivity contribution in [3.8, 4) is 5.75 Å². The van der Waals surface area contributed by atoms with Crippen LogP contribution in [0.15, 0.2) is 29.3 Å². The zero-order chi connectivity index (χ0) is 12.0. The first-order valence-corrected chi connectivity index (χ1v) is 7.69. The topological polar surface area (TPSA) is 49.7 Å². The molecule has 0 aliphatic heterocycles. The van der Waals surface area contributed by atoms with Crippen molar-refractivity contribution < 1.29 is 9.32 Å². The number of phenols is 1. The number of aliphatic imine (C=N–C) groups is 1. The van der Waals surface area contributed by atoms with Crippen LogP contribution in [0.1, 0.15) is 5.56 Å². The second kappa shape index (κ2) is 6.70. The number of thioether (sulfide) groups is 1. The smallest absolute Gasteiger partial charge is 0.124 e. The highest BCUT2D eigenvalue weighted by atomic mass is 32.2. The highest BCUT2D eigenvalue weighted by Gasteiger charge is 2.09. The molecule has 0 aliphatic rings. The monoisotopic (exact) mass is 257 g/mol. The molecule has 88 valence electrons. The van der Waals surface area contributed by atoms with Crippen LogP contribution in [0.5, 0.6) is 5.75 Å². The Morgan fingerprint density at radius 3 is 2.81 bits per heavy atom. The van der Waals surface area contributed by atoms with E-state index in [4.69, 9.17) is 0 Å². The third-order valence-corrected chi connectivity index (χ3v) is 5.01. The van der Waals surface area contributed by atoms with E-state index in [-0.39, 0.29) is 10.3 Å². The van der Waals surface area contributed by atoms with Gasteiger partial charge in [-0.1, -0.05) is 12.1 Å². The van der Waals surface area contributed by atoms with Crippen molar-refractivity contribution in [1.29, 1.82) is 0 Å². The molecule has 16 heavy (non-hydrogen) atoms. The van der Waals surface area contributed by atoms with E-state index in [0.717, 1.165) is 0 Å². The van der Waals surface area contributed by atoms with Gasteiger partial charge >= 0.3 is 0 Å². The van der Waals surface area contributed by atoms with Crippen LogP contribution >= 0.6 is 11.8 Å². The number of benzene rings is 1.